The maximum absolute atomic E-state index is 12.3. The Bertz CT molecular complexity index is 1150. The number of carboxylic acid groups (broad SMARTS) is 1. The molecule has 172 valence electrons. The zero-order valence-electron chi connectivity index (χ0n) is 17.5. The molecular weight excluding hydrogens is 439 g/mol. The van der Waals surface area contributed by atoms with Crippen molar-refractivity contribution < 1.29 is 37.3 Å². The minimum absolute atomic E-state index is 0.0888. The minimum atomic E-state index is -4.74. The summed E-state index contributed by atoms with van der Waals surface area (Å²) in [6.45, 7) is 0.133. The van der Waals surface area contributed by atoms with Crippen LogP contribution >= 0.6 is 0 Å². The van der Waals surface area contributed by atoms with Crippen molar-refractivity contribution in [2.45, 2.75) is 25.3 Å². The predicted octanol–water partition coefficient (Wildman–Crippen LogP) is 5.42. The van der Waals surface area contributed by atoms with Gasteiger partial charge in [0.05, 0.1) is 19.2 Å². The number of nitrogens with zero attached hydrogens (tertiary/aromatic N) is 1. The van der Waals surface area contributed by atoms with Gasteiger partial charge in [-0.05, 0) is 53.4 Å². The SMILES string of the molecule is COc1ccc(-c2cncc(OCc3ccc(OC(F)(F)F)cc3)c2)cc1[C@@H]1C[C@H]1C(=O)O. The number of alkyl halides is 3. The zero-order valence-corrected chi connectivity index (χ0v) is 17.5. The molecule has 9 heteroatoms. The first-order valence-electron chi connectivity index (χ1n) is 10.1. The van der Waals surface area contributed by atoms with Gasteiger partial charge in [0, 0.05) is 17.7 Å². The lowest BCUT2D eigenvalue weighted by Gasteiger charge is -2.12. The van der Waals surface area contributed by atoms with Crippen molar-refractivity contribution in [3.8, 4) is 28.4 Å². The number of halogens is 3. The molecule has 1 fully saturated rings. The van der Waals surface area contributed by atoms with Crippen LogP contribution in [-0.2, 0) is 11.4 Å². The molecule has 2 aromatic carbocycles. The highest BCUT2D eigenvalue weighted by Gasteiger charge is 2.45. The fraction of sp³-hybridized carbons (Fsp3) is 0.250. The van der Waals surface area contributed by atoms with E-state index < -0.39 is 18.2 Å². The Morgan fingerprint density at radius 3 is 2.45 bits per heavy atom. The number of aliphatic carboxylic acids is 1. The van der Waals surface area contributed by atoms with Crippen LogP contribution in [0.1, 0.15) is 23.5 Å². The van der Waals surface area contributed by atoms with Crippen LogP contribution in [0.25, 0.3) is 11.1 Å². The molecule has 0 amide bonds. The highest BCUT2D eigenvalue weighted by Crippen LogP contribution is 2.51. The topological polar surface area (TPSA) is 77.9 Å². The van der Waals surface area contributed by atoms with Crippen molar-refractivity contribution in [3.05, 3.63) is 72.1 Å². The standard InChI is InChI=1S/C24H20F3NO5/c1-31-22-7-4-15(9-20(22)19-10-21(19)23(29)30)16-8-18(12-28-11-16)32-13-14-2-5-17(6-3-14)33-24(25,26)27/h2-9,11-12,19,21H,10,13H2,1H3,(H,29,30)/t19-,21+/m0/s1. The molecule has 1 heterocycles. The van der Waals surface area contributed by atoms with Crippen molar-refractivity contribution in [2.24, 2.45) is 5.92 Å². The van der Waals surface area contributed by atoms with Crippen molar-refractivity contribution in [2.75, 3.05) is 7.11 Å². The number of carboxylic acids is 1. The molecule has 3 aromatic rings. The maximum Gasteiger partial charge on any atom is 0.573 e. The smallest absolute Gasteiger partial charge is 0.496 e. The molecular formula is C24H20F3NO5. The number of methoxy groups -OCH3 is 1. The number of ether oxygens (including phenoxy) is 3. The monoisotopic (exact) mass is 459 g/mol. The maximum atomic E-state index is 12.3. The fourth-order valence-corrected chi connectivity index (χ4v) is 3.62. The average molecular weight is 459 g/mol. The Morgan fingerprint density at radius 2 is 1.82 bits per heavy atom. The van der Waals surface area contributed by atoms with Gasteiger partial charge in [0.2, 0.25) is 0 Å². The van der Waals surface area contributed by atoms with Crippen LogP contribution in [0.2, 0.25) is 0 Å². The van der Waals surface area contributed by atoms with Crippen molar-refractivity contribution in [1.29, 1.82) is 0 Å². The lowest BCUT2D eigenvalue weighted by atomic mass is 10.0. The molecule has 0 aliphatic heterocycles. The van der Waals surface area contributed by atoms with E-state index in [4.69, 9.17) is 9.47 Å². The summed E-state index contributed by atoms with van der Waals surface area (Å²) in [5, 5.41) is 9.26. The highest BCUT2D eigenvalue weighted by atomic mass is 19.4. The van der Waals surface area contributed by atoms with Crippen molar-refractivity contribution in [3.63, 3.8) is 0 Å². The largest absolute Gasteiger partial charge is 0.573 e. The van der Waals surface area contributed by atoms with Crippen LogP contribution in [0.15, 0.2) is 60.9 Å². The van der Waals surface area contributed by atoms with Crippen molar-refractivity contribution >= 4 is 5.97 Å². The van der Waals surface area contributed by atoms with E-state index in [-0.39, 0.29) is 18.3 Å². The highest BCUT2D eigenvalue weighted by molar-refractivity contribution is 5.76. The van der Waals surface area contributed by atoms with E-state index in [0.29, 0.717) is 23.5 Å². The molecule has 4 rings (SSSR count). The third-order valence-corrected chi connectivity index (χ3v) is 5.35. The lowest BCUT2D eigenvalue weighted by Crippen LogP contribution is -2.17. The van der Waals surface area contributed by atoms with Gasteiger partial charge in [0.15, 0.2) is 0 Å². The Balaban J connectivity index is 1.46. The molecule has 1 aliphatic carbocycles. The summed E-state index contributed by atoms with van der Waals surface area (Å²) in [5.74, 6) is -0.487. The number of pyridine rings is 1. The lowest BCUT2D eigenvalue weighted by molar-refractivity contribution is -0.274. The number of carbonyl (C=O) groups is 1. The van der Waals surface area contributed by atoms with E-state index in [1.165, 1.54) is 30.5 Å². The van der Waals surface area contributed by atoms with Crippen molar-refractivity contribution in [1.82, 2.24) is 4.98 Å². The number of rotatable bonds is 8. The van der Waals surface area contributed by atoms with E-state index in [0.717, 1.165) is 16.7 Å². The fourth-order valence-electron chi connectivity index (χ4n) is 3.62. The Morgan fingerprint density at radius 1 is 1.06 bits per heavy atom. The van der Waals surface area contributed by atoms with Gasteiger partial charge in [0.25, 0.3) is 0 Å². The van der Waals surface area contributed by atoms with Crippen LogP contribution in [0.4, 0.5) is 13.2 Å². The van der Waals surface area contributed by atoms with Crippen LogP contribution in [0.5, 0.6) is 17.2 Å². The summed E-state index contributed by atoms with van der Waals surface area (Å²) in [4.78, 5) is 15.5. The number of hydrogen-bond donors (Lipinski definition) is 1. The summed E-state index contributed by atoms with van der Waals surface area (Å²) in [7, 11) is 1.55. The van der Waals surface area contributed by atoms with Crippen LogP contribution in [-0.4, -0.2) is 29.5 Å². The van der Waals surface area contributed by atoms with Crippen LogP contribution < -0.4 is 14.2 Å². The molecule has 6 nitrogen and oxygen atoms in total. The first-order valence-corrected chi connectivity index (χ1v) is 10.1. The predicted molar refractivity (Wildman–Crippen MR) is 112 cm³/mol. The molecule has 33 heavy (non-hydrogen) atoms. The van der Waals surface area contributed by atoms with Gasteiger partial charge in [0.1, 0.15) is 23.9 Å². The molecule has 1 aromatic heterocycles. The zero-order chi connectivity index (χ0) is 23.6. The van der Waals surface area contributed by atoms with Gasteiger partial charge < -0.3 is 19.3 Å². The van der Waals surface area contributed by atoms with E-state index in [9.17, 15) is 23.1 Å². The third kappa shape index (κ3) is 5.54. The first kappa shape index (κ1) is 22.4. The van der Waals surface area contributed by atoms with E-state index in [1.807, 2.05) is 12.1 Å². The molecule has 0 radical (unpaired) electrons. The van der Waals surface area contributed by atoms with Gasteiger partial charge in [-0.1, -0.05) is 18.2 Å². The minimum Gasteiger partial charge on any atom is -0.496 e. The van der Waals surface area contributed by atoms with Gasteiger partial charge >= 0.3 is 12.3 Å². The summed E-state index contributed by atoms with van der Waals surface area (Å²) in [6, 6.07) is 12.8. The van der Waals surface area contributed by atoms with Crippen LogP contribution in [0.3, 0.4) is 0 Å². The number of aromatic nitrogens is 1. The van der Waals surface area contributed by atoms with Gasteiger partial charge in [-0.3, -0.25) is 9.78 Å². The second-order valence-electron chi connectivity index (χ2n) is 7.63. The Hall–Kier alpha value is -3.75. The molecule has 2 atom stereocenters. The van der Waals surface area contributed by atoms with Gasteiger partial charge in [-0.25, -0.2) is 0 Å². The summed E-state index contributed by atoms with van der Waals surface area (Å²) in [5.41, 5.74) is 3.12. The summed E-state index contributed by atoms with van der Waals surface area (Å²) < 4.78 is 51.8. The summed E-state index contributed by atoms with van der Waals surface area (Å²) >= 11 is 0. The molecule has 0 unspecified atom stereocenters. The molecule has 1 aliphatic rings. The molecule has 0 bridgehead atoms. The Labute approximate surface area is 187 Å². The number of hydrogen-bond acceptors (Lipinski definition) is 5. The second-order valence-corrected chi connectivity index (χ2v) is 7.63. The second kappa shape index (κ2) is 9.01. The van der Waals surface area contributed by atoms with Crippen LogP contribution in [0, 0.1) is 5.92 Å². The summed E-state index contributed by atoms with van der Waals surface area (Å²) in [6.07, 6.45) is -0.956. The van der Waals surface area contributed by atoms with E-state index >= 15 is 0 Å². The quantitative estimate of drug-likeness (QED) is 0.485. The Kier molecular flexibility index (Phi) is 6.13. The molecule has 1 N–H and O–H groups in total. The number of benzene rings is 2. The normalized spacial score (nSPS) is 17.3. The molecule has 1 saturated carbocycles. The van der Waals surface area contributed by atoms with Gasteiger partial charge in [-0.2, -0.15) is 0 Å². The third-order valence-electron chi connectivity index (χ3n) is 5.35. The van der Waals surface area contributed by atoms with E-state index in [2.05, 4.69) is 9.72 Å². The molecule has 0 saturated heterocycles. The van der Waals surface area contributed by atoms with E-state index in [1.54, 1.807) is 25.4 Å². The average Bonchev–Trinajstić information content (AvgIpc) is 3.59. The molecule has 0 spiro atoms. The van der Waals surface area contributed by atoms with Gasteiger partial charge in [-0.15, -0.1) is 13.2 Å². The first-order chi connectivity index (χ1) is 15.7.